The molecule has 0 spiro atoms. The molecular weight excluding hydrogens is 380 g/mol. The summed E-state index contributed by atoms with van der Waals surface area (Å²) in [5, 5.41) is 2.58. The maximum atomic E-state index is 13.0. The smallest absolute Gasteiger partial charge is 0.270 e. The zero-order chi connectivity index (χ0) is 20.3. The molecule has 1 heterocycles. The number of amides is 2. The summed E-state index contributed by atoms with van der Waals surface area (Å²) in [6, 6.07) is 12.2. The molecule has 28 heavy (non-hydrogen) atoms. The van der Waals surface area contributed by atoms with Crippen molar-refractivity contribution in [1.82, 2.24) is 5.32 Å². The van der Waals surface area contributed by atoms with Crippen LogP contribution in [0.5, 0.6) is 17.2 Å². The molecule has 0 unspecified atom stereocenters. The van der Waals surface area contributed by atoms with Crippen LogP contribution in [0.3, 0.4) is 0 Å². The lowest BCUT2D eigenvalue weighted by atomic mass is 10.1. The van der Waals surface area contributed by atoms with Crippen molar-refractivity contribution < 1.29 is 23.8 Å². The van der Waals surface area contributed by atoms with Crippen LogP contribution >= 0.6 is 12.2 Å². The quantitative estimate of drug-likeness (QED) is 0.474. The Bertz CT molecular complexity index is 947. The minimum atomic E-state index is -0.573. The summed E-state index contributed by atoms with van der Waals surface area (Å²) < 4.78 is 15.9. The van der Waals surface area contributed by atoms with E-state index >= 15 is 0 Å². The maximum Gasteiger partial charge on any atom is 0.270 e. The van der Waals surface area contributed by atoms with Crippen molar-refractivity contribution >= 4 is 40.9 Å². The van der Waals surface area contributed by atoms with Crippen LogP contribution in [0, 0.1) is 0 Å². The number of rotatable bonds is 5. The number of carbonyl (C=O) groups excluding carboxylic acids is 2. The number of nitrogens with one attached hydrogen (secondary N) is 1. The molecule has 1 aliphatic rings. The fraction of sp³-hybridized carbons (Fsp3) is 0.150. The fourth-order valence-corrected chi connectivity index (χ4v) is 3.10. The van der Waals surface area contributed by atoms with E-state index in [2.05, 4.69) is 5.32 Å². The molecule has 0 saturated carbocycles. The standard InChI is InChI=1S/C20H18N2O5S/c1-25-15-10-12(11-16(26-2)17(15)27-3)9-14-18(23)21-20(28)22(19(14)24)13-7-5-4-6-8-13/h4-11H,1-3H3,(H,21,23,28)/b14-9+. The Morgan fingerprint density at radius 3 is 2.11 bits per heavy atom. The number of benzene rings is 2. The van der Waals surface area contributed by atoms with Gasteiger partial charge in [-0.25, -0.2) is 0 Å². The van der Waals surface area contributed by atoms with E-state index in [0.717, 1.165) is 0 Å². The van der Waals surface area contributed by atoms with Crippen LogP contribution in [-0.4, -0.2) is 38.3 Å². The highest BCUT2D eigenvalue weighted by molar-refractivity contribution is 7.80. The second kappa shape index (κ2) is 8.10. The summed E-state index contributed by atoms with van der Waals surface area (Å²) >= 11 is 5.18. The Balaban J connectivity index is 2.06. The highest BCUT2D eigenvalue weighted by Gasteiger charge is 2.34. The number of nitrogens with zero attached hydrogens (tertiary/aromatic N) is 1. The molecule has 0 aliphatic carbocycles. The van der Waals surface area contributed by atoms with Gasteiger partial charge < -0.3 is 14.2 Å². The number of hydrogen-bond donors (Lipinski definition) is 1. The second-order valence-corrected chi connectivity index (χ2v) is 6.14. The topological polar surface area (TPSA) is 77.1 Å². The van der Waals surface area contributed by atoms with E-state index in [1.54, 1.807) is 36.4 Å². The largest absolute Gasteiger partial charge is 0.493 e. The van der Waals surface area contributed by atoms with Crippen molar-refractivity contribution in [2.24, 2.45) is 0 Å². The molecule has 8 heteroatoms. The number of thiocarbonyl (C=S) groups is 1. The average Bonchev–Trinajstić information content (AvgIpc) is 2.70. The van der Waals surface area contributed by atoms with E-state index in [9.17, 15) is 9.59 Å². The highest BCUT2D eigenvalue weighted by atomic mass is 32.1. The van der Waals surface area contributed by atoms with Gasteiger partial charge in [0, 0.05) is 0 Å². The number of anilines is 1. The third-order valence-electron chi connectivity index (χ3n) is 4.11. The molecule has 0 radical (unpaired) electrons. The van der Waals surface area contributed by atoms with Crippen LogP contribution in [0.15, 0.2) is 48.0 Å². The van der Waals surface area contributed by atoms with Gasteiger partial charge in [0.1, 0.15) is 5.57 Å². The first kappa shape index (κ1) is 19.4. The lowest BCUT2D eigenvalue weighted by Gasteiger charge is -2.28. The fourth-order valence-electron chi connectivity index (χ4n) is 2.82. The first-order valence-electron chi connectivity index (χ1n) is 8.26. The molecule has 0 atom stereocenters. The van der Waals surface area contributed by atoms with Gasteiger partial charge in [-0.1, -0.05) is 18.2 Å². The minimum Gasteiger partial charge on any atom is -0.493 e. The van der Waals surface area contributed by atoms with Crippen molar-refractivity contribution in [3.63, 3.8) is 0 Å². The van der Waals surface area contributed by atoms with E-state index in [1.165, 1.54) is 32.3 Å². The van der Waals surface area contributed by atoms with Crippen LogP contribution in [0.1, 0.15) is 5.56 Å². The van der Waals surface area contributed by atoms with Crippen molar-refractivity contribution in [3.8, 4) is 17.2 Å². The van der Waals surface area contributed by atoms with Crippen LogP contribution in [0.25, 0.3) is 6.08 Å². The number of hydrogen-bond acceptors (Lipinski definition) is 6. The normalized spacial score (nSPS) is 15.5. The molecule has 0 aromatic heterocycles. The number of carbonyl (C=O) groups is 2. The summed E-state index contributed by atoms with van der Waals surface area (Å²) in [4.78, 5) is 26.7. The van der Waals surface area contributed by atoms with Crippen LogP contribution in [0.2, 0.25) is 0 Å². The SMILES string of the molecule is COc1cc(/C=C2\C(=O)NC(=S)N(c3ccccc3)C2=O)cc(OC)c1OC. The van der Waals surface area contributed by atoms with Crippen LogP contribution < -0.4 is 24.4 Å². The van der Waals surface area contributed by atoms with Crippen molar-refractivity contribution in [2.45, 2.75) is 0 Å². The minimum absolute atomic E-state index is 0.0308. The summed E-state index contributed by atoms with van der Waals surface area (Å²) in [5.41, 5.74) is 1.04. The van der Waals surface area contributed by atoms with E-state index < -0.39 is 11.8 Å². The number of ether oxygens (including phenoxy) is 3. The molecule has 2 amide bonds. The highest BCUT2D eigenvalue weighted by Crippen LogP contribution is 2.39. The molecule has 1 fully saturated rings. The Hall–Kier alpha value is -3.39. The summed E-state index contributed by atoms with van der Waals surface area (Å²) in [6.07, 6.45) is 1.46. The Kier molecular flexibility index (Phi) is 5.60. The lowest BCUT2D eigenvalue weighted by molar-refractivity contribution is -0.122. The van der Waals surface area contributed by atoms with Gasteiger partial charge in [-0.3, -0.25) is 19.8 Å². The maximum absolute atomic E-state index is 13.0. The predicted octanol–water partition coefficient (Wildman–Crippen LogP) is 2.54. The predicted molar refractivity (Wildman–Crippen MR) is 109 cm³/mol. The summed E-state index contributed by atoms with van der Waals surface area (Å²) in [6.45, 7) is 0. The molecule has 1 N–H and O–H groups in total. The molecule has 1 aliphatic heterocycles. The zero-order valence-corrected chi connectivity index (χ0v) is 16.3. The monoisotopic (exact) mass is 398 g/mol. The van der Waals surface area contributed by atoms with Gasteiger partial charge in [0.15, 0.2) is 16.6 Å². The third kappa shape index (κ3) is 3.54. The number of methoxy groups -OCH3 is 3. The van der Waals surface area contributed by atoms with Crippen molar-refractivity contribution in [1.29, 1.82) is 0 Å². The molecule has 7 nitrogen and oxygen atoms in total. The zero-order valence-electron chi connectivity index (χ0n) is 15.5. The Morgan fingerprint density at radius 1 is 0.964 bits per heavy atom. The Labute approximate surface area is 167 Å². The third-order valence-corrected chi connectivity index (χ3v) is 4.40. The van der Waals surface area contributed by atoms with Crippen molar-refractivity contribution in [2.75, 3.05) is 26.2 Å². The van der Waals surface area contributed by atoms with Crippen molar-refractivity contribution in [3.05, 3.63) is 53.6 Å². The van der Waals surface area contributed by atoms with E-state index in [0.29, 0.717) is 28.5 Å². The molecule has 144 valence electrons. The van der Waals surface area contributed by atoms with E-state index in [1.807, 2.05) is 6.07 Å². The second-order valence-electron chi connectivity index (χ2n) is 5.75. The summed E-state index contributed by atoms with van der Waals surface area (Å²) in [7, 11) is 4.47. The van der Waals surface area contributed by atoms with E-state index in [-0.39, 0.29) is 10.7 Å². The van der Waals surface area contributed by atoms with Gasteiger partial charge in [0.05, 0.1) is 27.0 Å². The lowest BCUT2D eigenvalue weighted by Crippen LogP contribution is -2.54. The van der Waals surface area contributed by atoms with Gasteiger partial charge in [-0.2, -0.15) is 0 Å². The molecule has 2 aromatic rings. The average molecular weight is 398 g/mol. The van der Waals surface area contributed by atoms with Gasteiger partial charge in [0.25, 0.3) is 11.8 Å². The van der Waals surface area contributed by atoms with E-state index in [4.69, 9.17) is 26.4 Å². The molecule has 1 saturated heterocycles. The number of para-hydroxylation sites is 1. The van der Waals surface area contributed by atoms with Crippen LogP contribution in [0.4, 0.5) is 5.69 Å². The van der Waals surface area contributed by atoms with Crippen LogP contribution in [-0.2, 0) is 9.59 Å². The van der Waals surface area contributed by atoms with Gasteiger partial charge in [0.2, 0.25) is 5.75 Å². The van der Waals surface area contributed by atoms with Gasteiger partial charge in [-0.05, 0) is 48.1 Å². The first-order chi connectivity index (χ1) is 13.5. The molecular formula is C20H18N2O5S. The summed E-state index contributed by atoms with van der Waals surface area (Å²) in [5.74, 6) is 0.143. The Morgan fingerprint density at radius 2 is 1.57 bits per heavy atom. The van der Waals surface area contributed by atoms with Gasteiger partial charge in [-0.15, -0.1) is 0 Å². The molecule has 0 bridgehead atoms. The molecule has 2 aromatic carbocycles. The first-order valence-corrected chi connectivity index (χ1v) is 8.67. The molecule has 3 rings (SSSR count). The van der Waals surface area contributed by atoms with Gasteiger partial charge >= 0.3 is 0 Å².